The van der Waals surface area contributed by atoms with Gasteiger partial charge in [-0.3, -0.25) is 0 Å². The van der Waals surface area contributed by atoms with Gasteiger partial charge in [0, 0.05) is 5.70 Å². The van der Waals surface area contributed by atoms with E-state index in [0.717, 1.165) is 17.0 Å². The summed E-state index contributed by atoms with van der Waals surface area (Å²) >= 11 is 4.98. The predicted octanol–water partition coefficient (Wildman–Crippen LogP) is 1.88. The van der Waals surface area contributed by atoms with Crippen molar-refractivity contribution in [2.24, 2.45) is 0 Å². The van der Waals surface area contributed by atoms with Crippen molar-refractivity contribution in [3.05, 3.63) is 41.1 Å². The highest BCUT2D eigenvalue weighted by Crippen LogP contribution is 2.14. The van der Waals surface area contributed by atoms with Crippen LogP contribution in [0.4, 0.5) is 0 Å². The van der Waals surface area contributed by atoms with E-state index in [0.29, 0.717) is 23.8 Å². The molecule has 0 spiro atoms. The van der Waals surface area contributed by atoms with Crippen molar-refractivity contribution in [3.63, 3.8) is 0 Å². The molecule has 1 heterocycles. The van der Waals surface area contributed by atoms with E-state index in [9.17, 15) is 4.79 Å². The smallest absolute Gasteiger partial charge is 0.337 e. The Morgan fingerprint density at radius 2 is 2.05 bits per heavy atom. The van der Waals surface area contributed by atoms with E-state index in [4.69, 9.17) is 21.7 Å². The number of hydrogen-bond acceptors (Lipinski definition) is 4. The molecule has 21 heavy (non-hydrogen) atoms. The quantitative estimate of drug-likeness (QED) is 0.640. The molecule has 6 heteroatoms. The fourth-order valence-corrected chi connectivity index (χ4v) is 2.13. The lowest BCUT2D eigenvalue weighted by molar-refractivity contribution is -0.140. The van der Waals surface area contributed by atoms with Crippen LogP contribution >= 0.6 is 12.2 Å². The zero-order valence-electron chi connectivity index (χ0n) is 12.1. The number of hydrogen-bond donors (Lipinski definition) is 2. The monoisotopic (exact) mass is 306 g/mol. The maximum Gasteiger partial charge on any atom is 0.337 e. The highest BCUT2D eigenvalue weighted by molar-refractivity contribution is 7.80. The standard InChI is InChI=1S/C15H18N2O3S/c1-3-19-12-6-4-11(5-7-12)9-20-14(18)13-8-16-15(21)17-10(13)2/h4-7H,3,8-9H2,1-2H3,(H2,16,17,21). The van der Waals surface area contributed by atoms with Gasteiger partial charge in [-0.15, -0.1) is 0 Å². The molecule has 112 valence electrons. The minimum Gasteiger partial charge on any atom is -0.494 e. The van der Waals surface area contributed by atoms with E-state index < -0.39 is 0 Å². The van der Waals surface area contributed by atoms with Gasteiger partial charge in [-0.05, 0) is 43.8 Å². The molecule has 1 aromatic carbocycles. The van der Waals surface area contributed by atoms with E-state index in [1.165, 1.54) is 0 Å². The van der Waals surface area contributed by atoms with Crippen LogP contribution in [0.2, 0.25) is 0 Å². The lowest BCUT2D eigenvalue weighted by atomic mass is 10.2. The number of rotatable bonds is 5. The molecule has 2 N–H and O–H groups in total. The number of benzene rings is 1. The highest BCUT2D eigenvalue weighted by atomic mass is 32.1. The minimum atomic E-state index is -0.344. The van der Waals surface area contributed by atoms with Gasteiger partial charge in [-0.1, -0.05) is 12.1 Å². The summed E-state index contributed by atoms with van der Waals surface area (Å²) in [5.74, 6) is 0.462. The Labute approximate surface area is 129 Å². The van der Waals surface area contributed by atoms with Gasteiger partial charge in [0.25, 0.3) is 0 Å². The Bertz CT molecular complexity index is 567. The van der Waals surface area contributed by atoms with Gasteiger partial charge < -0.3 is 20.1 Å². The predicted molar refractivity (Wildman–Crippen MR) is 83.8 cm³/mol. The summed E-state index contributed by atoms with van der Waals surface area (Å²) in [5.41, 5.74) is 2.21. The summed E-state index contributed by atoms with van der Waals surface area (Å²) in [6.45, 7) is 4.99. The highest BCUT2D eigenvalue weighted by Gasteiger charge is 2.19. The second-order valence-electron chi connectivity index (χ2n) is 4.56. The van der Waals surface area contributed by atoms with Crippen LogP contribution in [0.3, 0.4) is 0 Å². The third-order valence-corrected chi connectivity index (χ3v) is 3.28. The number of allylic oxidation sites excluding steroid dienone is 1. The molecule has 0 unspecified atom stereocenters. The second kappa shape index (κ2) is 7.08. The molecule has 0 bridgehead atoms. The molecule has 1 aliphatic rings. The molecule has 0 aromatic heterocycles. The van der Waals surface area contributed by atoms with Gasteiger partial charge in [0.2, 0.25) is 0 Å². The van der Waals surface area contributed by atoms with E-state index in [1.54, 1.807) is 6.92 Å². The van der Waals surface area contributed by atoms with Crippen LogP contribution in [-0.2, 0) is 16.1 Å². The summed E-state index contributed by atoms with van der Waals surface area (Å²) < 4.78 is 10.7. The number of thiocarbonyl (C=S) groups is 1. The van der Waals surface area contributed by atoms with Crippen molar-refractivity contribution in [1.82, 2.24) is 10.6 Å². The second-order valence-corrected chi connectivity index (χ2v) is 4.97. The van der Waals surface area contributed by atoms with Crippen LogP contribution in [0.5, 0.6) is 5.75 Å². The third-order valence-electron chi connectivity index (χ3n) is 3.03. The molecule has 1 aromatic rings. The molecule has 1 aliphatic heterocycles. The van der Waals surface area contributed by atoms with Crippen LogP contribution in [0.1, 0.15) is 19.4 Å². The molecular formula is C15H18N2O3S. The summed E-state index contributed by atoms with van der Waals surface area (Å²) in [4.78, 5) is 12.0. The van der Waals surface area contributed by atoms with E-state index >= 15 is 0 Å². The van der Waals surface area contributed by atoms with Gasteiger partial charge in [-0.2, -0.15) is 0 Å². The fraction of sp³-hybridized carbons (Fsp3) is 0.333. The van der Waals surface area contributed by atoms with E-state index in [1.807, 2.05) is 31.2 Å². The van der Waals surface area contributed by atoms with Gasteiger partial charge in [-0.25, -0.2) is 4.79 Å². The first-order valence-electron chi connectivity index (χ1n) is 6.73. The van der Waals surface area contributed by atoms with Crippen LogP contribution in [0.25, 0.3) is 0 Å². The van der Waals surface area contributed by atoms with E-state index in [2.05, 4.69) is 10.6 Å². The van der Waals surface area contributed by atoms with Crippen molar-refractivity contribution in [3.8, 4) is 5.75 Å². The SMILES string of the molecule is CCOc1ccc(COC(=O)C2=C(C)NC(=S)NC2)cc1. The number of nitrogens with one attached hydrogen (secondary N) is 2. The molecule has 0 atom stereocenters. The Balaban J connectivity index is 1.92. The van der Waals surface area contributed by atoms with Gasteiger partial charge in [0.1, 0.15) is 12.4 Å². The van der Waals surface area contributed by atoms with Crippen molar-refractivity contribution in [2.45, 2.75) is 20.5 Å². The minimum absolute atomic E-state index is 0.229. The summed E-state index contributed by atoms with van der Waals surface area (Å²) in [7, 11) is 0. The molecule has 0 amide bonds. The Kier molecular flexibility index (Phi) is 5.16. The van der Waals surface area contributed by atoms with Gasteiger partial charge >= 0.3 is 5.97 Å². The molecule has 2 rings (SSSR count). The average molecular weight is 306 g/mol. The molecule has 0 radical (unpaired) electrons. The molecule has 0 saturated carbocycles. The lowest BCUT2D eigenvalue weighted by Gasteiger charge is -2.20. The molecule has 0 saturated heterocycles. The maximum atomic E-state index is 12.0. The van der Waals surface area contributed by atoms with Gasteiger partial charge in [0.05, 0.1) is 18.7 Å². The first-order valence-corrected chi connectivity index (χ1v) is 7.14. The molecule has 0 fully saturated rings. The number of carbonyl (C=O) groups excluding carboxylic acids is 1. The summed E-state index contributed by atoms with van der Waals surface area (Å²) in [5, 5.41) is 6.34. The van der Waals surface area contributed by atoms with Crippen molar-refractivity contribution >= 4 is 23.3 Å². The van der Waals surface area contributed by atoms with Crippen molar-refractivity contribution in [2.75, 3.05) is 13.2 Å². The summed E-state index contributed by atoms with van der Waals surface area (Å²) in [6.07, 6.45) is 0. The number of carbonyl (C=O) groups is 1. The zero-order valence-corrected chi connectivity index (χ0v) is 12.9. The molecular weight excluding hydrogens is 288 g/mol. The topological polar surface area (TPSA) is 59.6 Å². The van der Waals surface area contributed by atoms with Gasteiger partial charge in [0.15, 0.2) is 5.11 Å². The van der Waals surface area contributed by atoms with Crippen LogP contribution in [0, 0.1) is 0 Å². The summed E-state index contributed by atoms with van der Waals surface area (Å²) in [6, 6.07) is 7.48. The first-order chi connectivity index (χ1) is 10.1. The molecule has 0 aliphatic carbocycles. The Morgan fingerprint density at radius 3 is 2.67 bits per heavy atom. The Morgan fingerprint density at radius 1 is 1.33 bits per heavy atom. The maximum absolute atomic E-state index is 12.0. The normalized spacial score (nSPS) is 14.3. The van der Waals surface area contributed by atoms with Crippen molar-refractivity contribution in [1.29, 1.82) is 0 Å². The molecule has 5 nitrogen and oxygen atoms in total. The lowest BCUT2D eigenvalue weighted by Crippen LogP contribution is -2.42. The third kappa shape index (κ3) is 4.19. The first kappa shape index (κ1) is 15.3. The Hall–Kier alpha value is -2.08. The number of ether oxygens (including phenoxy) is 2. The van der Waals surface area contributed by atoms with Crippen molar-refractivity contribution < 1.29 is 14.3 Å². The van der Waals surface area contributed by atoms with Crippen LogP contribution in [-0.4, -0.2) is 24.2 Å². The number of esters is 1. The van der Waals surface area contributed by atoms with E-state index in [-0.39, 0.29) is 12.6 Å². The van der Waals surface area contributed by atoms with Crippen LogP contribution < -0.4 is 15.4 Å². The fourth-order valence-electron chi connectivity index (χ4n) is 1.90. The largest absolute Gasteiger partial charge is 0.494 e. The average Bonchev–Trinajstić information content (AvgIpc) is 2.46. The van der Waals surface area contributed by atoms with Crippen LogP contribution in [0.15, 0.2) is 35.5 Å². The zero-order chi connectivity index (χ0) is 15.2.